The first-order valence-electron chi connectivity index (χ1n) is 7.20. The highest BCUT2D eigenvalue weighted by molar-refractivity contribution is 5.65. The van der Waals surface area contributed by atoms with Crippen molar-refractivity contribution in [1.29, 1.82) is 0 Å². The standard InChI is InChI=1S/C17H26O3/c1-6-13-17(4,5)20-19-16(18-7-2)14(3)15-11-9-8-10-12-15/h8-12,16H,3,6-7,13H2,1-2,4-5H3. The SMILES string of the molecule is C=C(c1ccccc1)C(OCC)OOC(C)(C)CCC. The lowest BCUT2D eigenvalue weighted by molar-refractivity contribution is -0.405. The maximum atomic E-state index is 5.58. The van der Waals surface area contributed by atoms with Crippen molar-refractivity contribution < 1.29 is 14.5 Å². The Morgan fingerprint density at radius 3 is 2.40 bits per heavy atom. The van der Waals surface area contributed by atoms with Gasteiger partial charge in [-0.25, -0.2) is 4.89 Å². The Hall–Kier alpha value is -1.16. The van der Waals surface area contributed by atoms with Crippen LogP contribution >= 0.6 is 0 Å². The fraction of sp³-hybridized carbons (Fsp3) is 0.529. The zero-order valence-corrected chi connectivity index (χ0v) is 13.0. The number of hydrogen-bond acceptors (Lipinski definition) is 3. The number of rotatable bonds is 9. The maximum Gasteiger partial charge on any atom is 0.217 e. The van der Waals surface area contributed by atoms with Crippen molar-refractivity contribution in [2.45, 2.75) is 52.4 Å². The normalized spacial score (nSPS) is 13.2. The van der Waals surface area contributed by atoms with Gasteiger partial charge in [-0.1, -0.05) is 50.3 Å². The number of hydrogen-bond donors (Lipinski definition) is 0. The molecule has 3 heteroatoms. The molecule has 1 unspecified atom stereocenters. The Balaban J connectivity index is 2.67. The summed E-state index contributed by atoms with van der Waals surface area (Å²) in [6.45, 7) is 12.6. The second-order valence-corrected chi connectivity index (χ2v) is 5.37. The van der Waals surface area contributed by atoms with Crippen LogP contribution in [0.15, 0.2) is 36.9 Å². The molecule has 112 valence electrons. The third kappa shape index (κ3) is 5.45. The van der Waals surface area contributed by atoms with Gasteiger partial charge >= 0.3 is 0 Å². The van der Waals surface area contributed by atoms with Crippen LogP contribution in [0, 0.1) is 0 Å². The molecule has 1 rings (SSSR count). The molecule has 0 aliphatic rings. The van der Waals surface area contributed by atoms with Crippen molar-refractivity contribution in [2.24, 2.45) is 0 Å². The quantitative estimate of drug-likeness (QED) is 0.375. The van der Waals surface area contributed by atoms with Crippen molar-refractivity contribution in [3.63, 3.8) is 0 Å². The van der Waals surface area contributed by atoms with Crippen molar-refractivity contribution in [2.75, 3.05) is 6.61 Å². The van der Waals surface area contributed by atoms with E-state index in [4.69, 9.17) is 14.5 Å². The molecule has 0 amide bonds. The van der Waals surface area contributed by atoms with E-state index in [0.717, 1.165) is 24.0 Å². The minimum atomic E-state index is -0.585. The number of benzene rings is 1. The predicted octanol–water partition coefficient (Wildman–Crippen LogP) is 4.59. The largest absolute Gasteiger partial charge is 0.346 e. The molecule has 1 aromatic carbocycles. The smallest absolute Gasteiger partial charge is 0.217 e. The topological polar surface area (TPSA) is 27.7 Å². The molecule has 0 heterocycles. The summed E-state index contributed by atoms with van der Waals surface area (Å²) in [7, 11) is 0. The lowest BCUT2D eigenvalue weighted by Crippen LogP contribution is -2.29. The zero-order valence-electron chi connectivity index (χ0n) is 13.0. The van der Waals surface area contributed by atoms with E-state index < -0.39 is 6.29 Å². The van der Waals surface area contributed by atoms with Gasteiger partial charge in [-0.15, -0.1) is 0 Å². The van der Waals surface area contributed by atoms with E-state index in [-0.39, 0.29) is 5.60 Å². The Morgan fingerprint density at radius 1 is 1.20 bits per heavy atom. The average molecular weight is 278 g/mol. The van der Waals surface area contributed by atoms with E-state index in [2.05, 4.69) is 13.5 Å². The Bertz CT molecular complexity index is 398. The summed E-state index contributed by atoms with van der Waals surface area (Å²) in [4.78, 5) is 11.0. The molecule has 0 saturated heterocycles. The molecule has 0 bridgehead atoms. The van der Waals surface area contributed by atoms with Gasteiger partial charge in [0.1, 0.15) is 0 Å². The molecule has 3 nitrogen and oxygen atoms in total. The summed E-state index contributed by atoms with van der Waals surface area (Å²) >= 11 is 0. The maximum absolute atomic E-state index is 5.58. The molecule has 1 aromatic rings. The van der Waals surface area contributed by atoms with Gasteiger partial charge in [-0.2, -0.15) is 4.89 Å². The van der Waals surface area contributed by atoms with Gasteiger partial charge in [0.05, 0.1) is 5.60 Å². The Labute approximate surface area is 122 Å². The highest BCUT2D eigenvalue weighted by Gasteiger charge is 2.23. The van der Waals surface area contributed by atoms with Crippen molar-refractivity contribution >= 4 is 5.57 Å². The van der Waals surface area contributed by atoms with E-state index in [9.17, 15) is 0 Å². The highest BCUT2D eigenvalue weighted by atomic mass is 17.2. The molecular weight excluding hydrogens is 252 g/mol. The van der Waals surface area contributed by atoms with Gasteiger partial charge in [-0.05, 0) is 32.8 Å². The molecule has 0 N–H and O–H groups in total. The van der Waals surface area contributed by atoms with E-state index in [0.29, 0.717) is 6.61 Å². The second kappa shape index (κ2) is 8.20. The van der Waals surface area contributed by atoms with E-state index in [1.807, 2.05) is 51.1 Å². The predicted molar refractivity (Wildman–Crippen MR) is 82.0 cm³/mol. The van der Waals surface area contributed by atoms with Gasteiger partial charge < -0.3 is 4.74 Å². The molecule has 1 atom stereocenters. The van der Waals surface area contributed by atoms with Crippen molar-refractivity contribution in [3.05, 3.63) is 42.5 Å². The molecule has 0 saturated carbocycles. The van der Waals surface area contributed by atoms with Crippen LogP contribution in [0.5, 0.6) is 0 Å². The summed E-state index contributed by atoms with van der Waals surface area (Å²) in [5.41, 5.74) is 1.42. The van der Waals surface area contributed by atoms with Gasteiger partial charge in [0, 0.05) is 12.2 Å². The minimum absolute atomic E-state index is 0.332. The molecule has 0 fully saturated rings. The van der Waals surface area contributed by atoms with E-state index >= 15 is 0 Å². The summed E-state index contributed by atoms with van der Waals surface area (Å²) < 4.78 is 5.58. The van der Waals surface area contributed by atoms with Crippen LogP contribution in [0.25, 0.3) is 5.57 Å². The molecule has 0 radical (unpaired) electrons. The van der Waals surface area contributed by atoms with Gasteiger partial charge in [0.25, 0.3) is 0 Å². The minimum Gasteiger partial charge on any atom is -0.346 e. The molecule has 0 aliphatic heterocycles. The highest BCUT2D eigenvalue weighted by Crippen LogP contribution is 2.23. The summed E-state index contributed by atoms with van der Waals surface area (Å²) in [6, 6.07) is 9.86. The first kappa shape index (κ1) is 16.9. The van der Waals surface area contributed by atoms with Crippen LogP contribution in [-0.4, -0.2) is 18.5 Å². The monoisotopic (exact) mass is 278 g/mol. The lowest BCUT2D eigenvalue weighted by Gasteiger charge is -2.27. The van der Waals surface area contributed by atoms with Gasteiger partial charge in [0.15, 0.2) is 0 Å². The average Bonchev–Trinajstić information content (AvgIpc) is 2.43. The second-order valence-electron chi connectivity index (χ2n) is 5.37. The molecule has 0 aliphatic carbocycles. The van der Waals surface area contributed by atoms with Crippen LogP contribution in [0.2, 0.25) is 0 Å². The third-order valence-electron chi connectivity index (χ3n) is 2.96. The third-order valence-corrected chi connectivity index (χ3v) is 2.96. The lowest BCUT2D eigenvalue weighted by atomic mass is 10.0. The molecule has 20 heavy (non-hydrogen) atoms. The summed E-state index contributed by atoms with van der Waals surface area (Å²) in [5, 5.41) is 0. The van der Waals surface area contributed by atoms with Crippen LogP contribution in [0.4, 0.5) is 0 Å². The Kier molecular flexibility index (Phi) is 6.93. The van der Waals surface area contributed by atoms with Gasteiger partial charge in [-0.3, -0.25) is 0 Å². The number of ether oxygens (including phenoxy) is 1. The van der Waals surface area contributed by atoms with Crippen LogP contribution in [-0.2, 0) is 14.5 Å². The first-order valence-corrected chi connectivity index (χ1v) is 7.20. The fourth-order valence-corrected chi connectivity index (χ4v) is 1.94. The molecule has 0 spiro atoms. The van der Waals surface area contributed by atoms with Crippen molar-refractivity contribution in [1.82, 2.24) is 0 Å². The van der Waals surface area contributed by atoms with Crippen LogP contribution in [0.1, 0.15) is 46.1 Å². The summed E-state index contributed by atoms with van der Waals surface area (Å²) in [5.74, 6) is 0. The zero-order chi connectivity index (χ0) is 15.0. The fourth-order valence-electron chi connectivity index (χ4n) is 1.94. The van der Waals surface area contributed by atoms with Crippen LogP contribution in [0.3, 0.4) is 0 Å². The van der Waals surface area contributed by atoms with Gasteiger partial charge in [0.2, 0.25) is 6.29 Å². The van der Waals surface area contributed by atoms with Crippen LogP contribution < -0.4 is 0 Å². The Morgan fingerprint density at radius 2 is 1.85 bits per heavy atom. The summed E-state index contributed by atoms with van der Waals surface area (Å²) in [6.07, 6.45) is 1.37. The van der Waals surface area contributed by atoms with E-state index in [1.165, 1.54) is 0 Å². The first-order chi connectivity index (χ1) is 9.50. The van der Waals surface area contributed by atoms with Crippen molar-refractivity contribution in [3.8, 4) is 0 Å². The molecular formula is C17H26O3. The molecule has 0 aromatic heterocycles. The van der Waals surface area contributed by atoms with E-state index in [1.54, 1.807) is 0 Å².